The normalized spacial score (nSPS) is 11.9. The van der Waals surface area contributed by atoms with E-state index in [9.17, 15) is 13.2 Å². The van der Waals surface area contributed by atoms with Crippen LogP contribution in [0.4, 0.5) is 0 Å². The molecule has 2 aromatic rings. The van der Waals surface area contributed by atoms with Gasteiger partial charge in [-0.15, -0.1) is 0 Å². The SMILES string of the molecule is Cc1ccc(C)c(/C=N\NC(=O)CN(C)S(=O)(=O)c2ccc(Cl)cc2)c1. The van der Waals surface area contributed by atoms with Crippen LogP contribution in [0.1, 0.15) is 16.7 Å². The van der Waals surface area contributed by atoms with E-state index in [1.165, 1.54) is 37.5 Å². The van der Waals surface area contributed by atoms with E-state index in [4.69, 9.17) is 11.6 Å². The van der Waals surface area contributed by atoms with Gasteiger partial charge >= 0.3 is 0 Å². The second kappa shape index (κ2) is 8.44. The Morgan fingerprint density at radius 1 is 1.19 bits per heavy atom. The third-order valence-corrected chi connectivity index (χ3v) is 5.79. The molecule has 0 saturated heterocycles. The van der Waals surface area contributed by atoms with Gasteiger partial charge in [0, 0.05) is 12.1 Å². The van der Waals surface area contributed by atoms with E-state index in [2.05, 4.69) is 10.5 Å². The van der Waals surface area contributed by atoms with Crippen molar-refractivity contribution in [1.82, 2.24) is 9.73 Å². The van der Waals surface area contributed by atoms with Crippen molar-refractivity contribution >= 4 is 33.7 Å². The molecular weight excluding hydrogens is 374 g/mol. The molecular formula is C18H20ClN3O3S. The number of rotatable bonds is 6. The lowest BCUT2D eigenvalue weighted by Crippen LogP contribution is -2.36. The van der Waals surface area contributed by atoms with Gasteiger partial charge in [-0.05, 0) is 49.2 Å². The molecule has 2 aromatic carbocycles. The molecule has 0 aliphatic heterocycles. The fraction of sp³-hybridized carbons (Fsp3) is 0.222. The number of aryl methyl sites for hydroxylation is 2. The number of halogens is 1. The molecule has 0 heterocycles. The first-order valence-corrected chi connectivity index (χ1v) is 9.63. The first-order valence-electron chi connectivity index (χ1n) is 7.81. The second-order valence-corrected chi connectivity index (χ2v) is 8.35. The Balaban J connectivity index is 1.99. The highest BCUT2D eigenvalue weighted by molar-refractivity contribution is 7.89. The van der Waals surface area contributed by atoms with Crippen LogP contribution in [0.5, 0.6) is 0 Å². The number of hydrogen-bond donors (Lipinski definition) is 1. The summed E-state index contributed by atoms with van der Waals surface area (Å²) in [6.07, 6.45) is 1.54. The Kier molecular flexibility index (Phi) is 6.52. The number of benzene rings is 2. The molecule has 2 rings (SSSR count). The maximum absolute atomic E-state index is 12.4. The molecule has 0 aliphatic carbocycles. The van der Waals surface area contributed by atoms with E-state index < -0.39 is 15.9 Å². The van der Waals surface area contributed by atoms with Gasteiger partial charge < -0.3 is 0 Å². The zero-order valence-electron chi connectivity index (χ0n) is 14.7. The standard InChI is InChI=1S/C18H20ClN3O3S/c1-13-4-5-14(2)15(10-13)11-20-21-18(23)12-22(3)26(24,25)17-8-6-16(19)7-9-17/h4-11H,12H2,1-3H3,(H,21,23)/b20-11-. The minimum atomic E-state index is -3.78. The topological polar surface area (TPSA) is 78.8 Å². The van der Waals surface area contributed by atoms with Crippen LogP contribution in [0.3, 0.4) is 0 Å². The molecule has 0 aromatic heterocycles. The minimum Gasteiger partial charge on any atom is -0.272 e. The van der Waals surface area contributed by atoms with E-state index in [-0.39, 0.29) is 11.4 Å². The van der Waals surface area contributed by atoms with Gasteiger partial charge in [-0.1, -0.05) is 35.4 Å². The zero-order chi connectivity index (χ0) is 19.3. The zero-order valence-corrected chi connectivity index (χ0v) is 16.3. The van der Waals surface area contributed by atoms with Gasteiger partial charge in [-0.3, -0.25) is 4.79 Å². The van der Waals surface area contributed by atoms with Crippen LogP contribution in [0.15, 0.2) is 52.5 Å². The van der Waals surface area contributed by atoms with Gasteiger partial charge in [0.05, 0.1) is 17.7 Å². The van der Waals surface area contributed by atoms with Gasteiger partial charge in [0.15, 0.2) is 0 Å². The molecule has 1 amide bonds. The van der Waals surface area contributed by atoms with Crippen molar-refractivity contribution < 1.29 is 13.2 Å². The fourth-order valence-corrected chi connectivity index (χ4v) is 3.43. The Hall–Kier alpha value is -2.22. The Morgan fingerprint density at radius 2 is 1.85 bits per heavy atom. The van der Waals surface area contributed by atoms with Crippen LogP contribution in [0.2, 0.25) is 5.02 Å². The molecule has 138 valence electrons. The van der Waals surface area contributed by atoms with Gasteiger partial charge in [0.25, 0.3) is 5.91 Å². The summed E-state index contributed by atoms with van der Waals surface area (Å²) in [6.45, 7) is 3.55. The molecule has 0 saturated carbocycles. The fourth-order valence-electron chi connectivity index (χ4n) is 2.18. The molecule has 0 spiro atoms. The number of nitrogens with one attached hydrogen (secondary N) is 1. The number of hydrazone groups is 1. The molecule has 8 heteroatoms. The summed E-state index contributed by atoms with van der Waals surface area (Å²) in [7, 11) is -2.45. The number of likely N-dealkylation sites (N-methyl/N-ethyl adjacent to an activating group) is 1. The molecule has 0 bridgehead atoms. The number of amides is 1. The summed E-state index contributed by atoms with van der Waals surface area (Å²) >= 11 is 5.77. The molecule has 6 nitrogen and oxygen atoms in total. The molecule has 0 fully saturated rings. The number of sulfonamides is 1. The predicted octanol–water partition coefficient (Wildman–Crippen LogP) is 2.73. The van der Waals surface area contributed by atoms with Gasteiger partial charge in [0.1, 0.15) is 0 Å². The highest BCUT2D eigenvalue weighted by atomic mass is 35.5. The maximum atomic E-state index is 12.4. The van der Waals surface area contributed by atoms with E-state index in [0.717, 1.165) is 21.0 Å². The number of nitrogens with zero attached hydrogens (tertiary/aromatic N) is 2. The van der Waals surface area contributed by atoms with Crippen LogP contribution >= 0.6 is 11.6 Å². The van der Waals surface area contributed by atoms with Crippen LogP contribution in [-0.2, 0) is 14.8 Å². The summed E-state index contributed by atoms with van der Waals surface area (Å²) in [5, 5.41) is 4.33. The third kappa shape index (κ3) is 5.14. The molecule has 0 atom stereocenters. The molecule has 0 unspecified atom stereocenters. The average molecular weight is 394 g/mol. The van der Waals surface area contributed by atoms with E-state index in [1.807, 2.05) is 32.0 Å². The molecule has 0 radical (unpaired) electrons. The van der Waals surface area contributed by atoms with Gasteiger partial charge in [-0.2, -0.15) is 9.41 Å². The van der Waals surface area contributed by atoms with Crippen LogP contribution in [0.25, 0.3) is 0 Å². The molecule has 26 heavy (non-hydrogen) atoms. The summed E-state index contributed by atoms with van der Waals surface area (Å²) in [4.78, 5) is 12.0. The van der Waals surface area contributed by atoms with Crippen molar-refractivity contribution in [3.05, 3.63) is 64.2 Å². The Morgan fingerprint density at radius 3 is 2.50 bits per heavy atom. The highest BCUT2D eigenvalue weighted by Crippen LogP contribution is 2.17. The summed E-state index contributed by atoms with van der Waals surface area (Å²) in [6, 6.07) is 11.7. The van der Waals surface area contributed by atoms with Crippen molar-refractivity contribution in [1.29, 1.82) is 0 Å². The summed E-state index contributed by atoms with van der Waals surface area (Å²) in [5.74, 6) is -0.536. The predicted molar refractivity (Wildman–Crippen MR) is 103 cm³/mol. The summed E-state index contributed by atoms with van der Waals surface area (Å²) in [5.41, 5.74) is 5.33. The van der Waals surface area contributed by atoms with E-state index in [1.54, 1.807) is 0 Å². The smallest absolute Gasteiger partial charge is 0.255 e. The van der Waals surface area contributed by atoms with E-state index in [0.29, 0.717) is 5.02 Å². The van der Waals surface area contributed by atoms with Crippen molar-refractivity contribution in [2.24, 2.45) is 5.10 Å². The Bertz CT molecular complexity index is 925. The van der Waals surface area contributed by atoms with Crippen LogP contribution in [0, 0.1) is 13.8 Å². The van der Waals surface area contributed by atoms with Crippen molar-refractivity contribution in [3.63, 3.8) is 0 Å². The molecule has 1 N–H and O–H groups in total. The lowest BCUT2D eigenvalue weighted by atomic mass is 10.1. The van der Waals surface area contributed by atoms with Crippen LogP contribution in [-0.4, -0.2) is 38.4 Å². The Labute approximate surface area is 158 Å². The van der Waals surface area contributed by atoms with Gasteiger partial charge in [-0.25, -0.2) is 13.8 Å². The average Bonchev–Trinajstić information content (AvgIpc) is 2.58. The quantitative estimate of drug-likeness (QED) is 0.605. The highest BCUT2D eigenvalue weighted by Gasteiger charge is 2.22. The minimum absolute atomic E-state index is 0.0658. The second-order valence-electron chi connectivity index (χ2n) is 5.87. The number of hydrogen-bond acceptors (Lipinski definition) is 4. The third-order valence-electron chi connectivity index (χ3n) is 3.72. The van der Waals surface area contributed by atoms with Crippen molar-refractivity contribution in [3.8, 4) is 0 Å². The summed E-state index contributed by atoms with van der Waals surface area (Å²) < 4.78 is 25.8. The van der Waals surface area contributed by atoms with Crippen molar-refractivity contribution in [2.45, 2.75) is 18.7 Å². The first kappa shape index (κ1) is 20.1. The lowest BCUT2D eigenvalue weighted by Gasteiger charge is -2.16. The van der Waals surface area contributed by atoms with Crippen LogP contribution < -0.4 is 5.43 Å². The monoisotopic (exact) mass is 393 g/mol. The first-order chi connectivity index (χ1) is 12.2. The molecule has 0 aliphatic rings. The maximum Gasteiger partial charge on any atom is 0.255 e. The lowest BCUT2D eigenvalue weighted by molar-refractivity contribution is -0.121. The van der Waals surface area contributed by atoms with E-state index >= 15 is 0 Å². The largest absolute Gasteiger partial charge is 0.272 e. The van der Waals surface area contributed by atoms with Crippen molar-refractivity contribution in [2.75, 3.05) is 13.6 Å². The van der Waals surface area contributed by atoms with Gasteiger partial charge in [0.2, 0.25) is 10.0 Å². The number of carbonyl (C=O) groups excluding carboxylic acids is 1. The number of carbonyl (C=O) groups is 1.